The fourth-order valence-electron chi connectivity index (χ4n) is 1.24. The van der Waals surface area contributed by atoms with E-state index in [9.17, 15) is 0 Å². The number of hydrogen-bond acceptors (Lipinski definition) is 2. The van der Waals surface area contributed by atoms with Crippen molar-refractivity contribution in [3.63, 3.8) is 0 Å². The number of nitrogens with zero attached hydrogens (tertiary/aromatic N) is 1. The molecule has 0 aromatic heterocycles. The van der Waals surface area contributed by atoms with Crippen LogP contribution in [0.1, 0.15) is 62.3 Å². The van der Waals surface area contributed by atoms with E-state index in [4.69, 9.17) is 0 Å². The molecule has 0 radical (unpaired) electrons. The smallest absolute Gasteiger partial charge is 0.0520 e. The number of nitrogens with one attached hydrogen (secondary N) is 1. The van der Waals surface area contributed by atoms with Gasteiger partial charge < -0.3 is 5.32 Å². The molecule has 1 atom stereocenters. The average molecular weight is 226 g/mol. The Balaban J connectivity index is 4.79. The van der Waals surface area contributed by atoms with Gasteiger partial charge in [-0.25, -0.2) is 0 Å². The summed E-state index contributed by atoms with van der Waals surface area (Å²) in [5, 5.41) is 3.62. The molecule has 0 rings (SSSR count). The number of aliphatic imine (C=N–C) groups is 1. The summed E-state index contributed by atoms with van der Waals surface area (Å²) in [5.41, 5.74) is 0.299. The maximum Gasteiger partial charge on any atom is 0.0520 e. The van der Waals surface area contributed by atoms with Gasteiger partial charge in [0.1, 0.15) is 0 Å². The molecule has 0 fully saturated rings. The third-order valence-corrected chi connectivity index (χ3v) is 2.13. The van der Waals surface area contributed by atoms with Crippen molar-refractivity contribution in [1.29, 1.82) is 0 Å². The molecule has 0 aliphatic carbocycles. The van der Waals surface area contributed by atoms with Gasteiger partial charge in [0, 0.05) is 17.8 Å². The minimum absolute atomic E-state index is 0.00304. The highest BCUT2D eigenvalue weighted by molar-refractivity contribution is 5.66. The van der Waals surface area contributed by atoms with Gasteiger partial charge in [0.2, 0.25) is 0 Å². The number of rotatable bonds is 2. The maximum absolute atomic E-state index is 4.62. The summed E-state index contributed by atoms with van der Waals surface area (Å²) in [6.07, 6.45) is 2.07. The summed E-state index contributed by atoms with van der Waals surface area (Å²) in [4.78, 5) is 4.62. The Bertz CT molecular complexity index is 233. The summed E-state index contributed by atoms with van der Waals surface area (Å²) in [5.74, 6) is 0. The third-order valence-electron chi connectivity index (χ3n) is 2.13. The first kappa shape index (κ1) is 15.6. The Hall–Kier alpha value is -0.370. The Morgan fingerprint density at radius 2 is 1.31 bits per heavy atom. The van der Waals surface area contributed by atoms with Crippen LogP contribution in [0.15, 0.2) is 4.99 Å². The molecule has 0 heterocycles. The summed E-state index contributed by atoms with van der Waals surface area (Å²) < 4.78 is 0. The van der Waals surface area contributed by atoms with E-state index in [2.05, 4.69) is 78.8 Å². The van der Waals surface area contributed by atoms with Gasteiger partial charge in [-0.2, -0.15) is 0 Å². The van der Waals surface area contributed by atoms with Gasteiger partial charge in [0.15, 0.2) is 0 Å². The summed E-state index contributed by atoms with van der Waals surface area (Å²) in [6.45, 7) is 19.7. The zero-order valence-electron chi connectivity index (χ0n) is 12.6. The van der Waals surface area contributed by atoms with Crippen molar-refractivity contribution in [3.8, 4) is 0 Å². The van der Waals surface area contributed by atoms with Crippen LogP contribution in [0, 0.1) is 5.41 Å². The summed E-state index contributed by atoms with van der Waals surface area (Å²) in [7, 11) is 0. The van der Waals surface area contributed by atoms with Crippen LogP contribution in [-0.4, -0.2) is 23.3 Å². The summed E-state index contributed by atoms with van der Waals surface area (Å²) in [6, 6.07) is 0.298. The second-order valence-corrected chi connectivity index (χ2v) is 7.69. The normalized spacial score (nSPS) is 16.8. The number of hydrogen-bond donors (Lipinski definition) is 1. The second-order valence-electron chi connectivity index (χ2n) is 7.69. The molecular formula is C14H30N2. The minimum atomic E-state index is 0.00304. The standard InChI is InChI=1S/C14H30N2/c1-12(2,3)11(16-14(7,8)9)10-15-13(4,5)6/h10-11,16H,1-9H3/t11-/m0/s1. The fraction of sp³-hybridized carbons (Fsp3) is 0.929. The van der Waals surface area contributed by atoms with Crippen LogP contribution >= 0.6 is 0 Å². The zero-order chi connectivity index (χ0) is 13.2. The van der Waals surface area contributed by atoms with Crippen molar-refractivity contribution in [2.24, 2.45) is 10.4 Å². The van der Waals surface area contributed by atoms with Crippen LogP contribution in [0.3, 0.4) is 0 Å². The van der Waals surface area contributed by atoms with Crippen molar-refractivity contribution in [3.05, 3.63) is 0 Å². The van der Waals surface area contributed by atoms with Gasteiger partial charge in [-0.15, -0.1) is 0 Å². The molecular weight excluding hydrogens is 196 g/mol. The van der Waals surface area contributed by atoms with Gasteiger partial charge in [-0.1, -0.05) is 20.8 Å². The highest BCUT2D eigenvalue weighted by Gasteiger charge is 2.27. The molecule has 0 aliphatic rings. The van der Waals surface area contributed by atoms with Crippen LogP contribution in [0.2, 0.25) is 0 Å². The molecule has 0 aliphatic heterocycles. The van der Waals surface area contributed by atoms with E-state index >= 15 is 0 Å². The lowest BCUT2D eigenvalue weighted by Gasteiger charge is -2.35. The SMILES string of the molecule is CC(C)(C)N=C[C@H](NC(C)(C)C)C(C)(C)C. The lowest BCUT2D eigenvalue weighted by atomic mass is 9.85. The topological polar surface area (TPSA) is 24.4 Å². The molecule has 0 saturated heterocycles. The van der Waals surface area contributed by atoms with Gasteiger partial charge in [0.05, 0.1) is 5.54 Å². The Labute approximate surface area is 102 Å². The molecule has 0 amide bonds. The van der Waals surface area contributed by atoms with Crippen LogP contribution in [0.5, 0.6) is 0 Å². The predicted molar refractivity (Wildman–Crippen MR) is 74.4 cm³/mol. The molecule has 0 saturated carbocycles. The molecule has 1 N–H and O–H groups in total. The minimum Gasteiger partial charge on any atom is -0.304 e. The largest absolute Gasteiger partial charge is 0.304 e. The van der Waals surface area contributed by atoms with Crippen molar-refractivity contribution < 1.29 is 0 Å². The van der Waals surface area contributed by atoms with E-state index in [0.29, 0.717) is 6.04 Å². The first-order valence-corrected chi connectivity index (χ1v) is 6.14. The Kier molecular flexibility index (Phi) is 4.75. The van der Waals surface area contributed by atoms with E-state index in [1.165, 1.54) is 0 Å². The Morgan fingerprint density at radius 1 is 0.875 bits per heavy atom. The van der Waals surface area contributed by atoms with E-state index in [-0.39, 0.29) is 16.5 Å². The van der Waals surface area contributed by atoms with E-state index < -0.39 is 0 Å². The van der Waals surface area contributed by atoms with Crippen LogP contribution in [0.25, 0.3) is 0 Å². The van der Waals surface area contributed by atoms with Gasteiger partial charge in [-0.05, 0) is 47.0 Å². The van der Waals surface area contributed by atoms with Crippen molar-refractivity contribution in [2.75, 3.05) is 0 Å². The summed E-state index contributed by atoms with van der Waals surface area (Å²) >= 11 is 0. The van der Waals surface area contributed by atoms with E-state index in [0.717, 1.165) is 0 Å². The molecule has 16 heavy (non-hydrogen) atoms. The maximum atomic E-state index is 4.62. The van der Waals surface area contributed by atoms with Crippen molar-refractivity contribution in [1.82, 2.24) is 5.32 Å². The predicted octanol–water partition coefficient (Wildman–Crippen LogP) is 3.66. The second kappa shape index (κ2) is 4.87. The molecule has 0 aromatic carbocycles. The molecule has 0 aromatic rings. The molecule has 96 valence electrons. The first-order chi connectivity index (χ1) is 6.81. The lowest BCUT2D eigenvalue weighted by molar-refractivity contribution is 0.274. The molecule has 0 spiro atoms. The highest BCUT2D eigenvalue weighted by Crippen LogP contribution is 2.21. The van der Waals surface area contributed by atoms with Gasteiger partial charge in [0.25, 0.3) is 0 Å². The van der Waals surface area contributed by atoms with E-state index in [1.807, 2.05) is 0 Å². The fourth-order valence-corrected chi connectivity index (χ4v) is 1.24. The quantitative estimate of drug-likeness (QED) is 0.714. The Morgan fingerprint density at radius 3 is 1.56 bits per heavy atom. The van der Waals surface area contributed by atoms with Crippen molar-refractivity contribution >= 4 is 6.21 Å². The molecule has 0 unspecified atom stereocenters. The monoisotopic (exact) mass is 226 g/mol. The van der Waals surface area contributed by atoms with Crippen LogP contribution < -0.4 is 5.32 Å². The molecule has 2 heteroatoms. The van der Waals surface area contributed by atoms with Gasteiger partial charge in [-0.3, -0.25) is 4.99 Å². The molecule has 2 nitrogen and oxygen atoms in total. The van der Waals surface area contributed by atoms with Crippen molar-refractivity contribution in [2.45, 2.75) is 79.4 Å². The van der Waals surface area contributed by atoms with Crippen LogP contribution in [-0.2, 0) is 0 Å². The van der Waals surface area contributed by atoms with Gasteiger partial charge >= 0.3 is 0 Å². The average Bonchev–Trinajstić information content (AvgIpc) is 1.91. The lowest BCUT2D eigenvalue weighted by Crippen LogP contribution is -2.50. The third kappa shape index (κ3) is 7.86. The highest BCUT2D eigenvalue weighted by atomic mass is 15.0. The van der Waals surface area contributed by atoms with E-state index in [1.54, 1.807) is 0 Å². The van der Waals surface area contributed by atoms with Crippen LogP contribution in [0.4, 0.5) is 0 Å². The zero-order valence-corrected chi connectivity index (χ0v) is 12.6. The molecule has 0 bridgehead atoms. The first-order valence-electron chi connectivity index (χ1n) is 6.14.